The number of nitrogens with one attached hydrogen (secondary N) is 2. The number of anilines is 1. The van der Waals surface area contributed by atoms with Gasteiger partial charge in [-0.25, -0.2) is 0 Å². The summed E-state index contributed by atoms with van der Waals surface area (Å²) in [6.45, 7) is 3.94. The van der Waals surface area contributed by atoms with Crippen LogP contribution in [0.2, 0.25) is 0 Å². The minimum Gasteiger partial charge on any atom is -0.493 e. The molecule has 1 aromatic heterocycles. The zero-order valence-electron chi connectivity index (χ0n) is 17.1. The standard InChI is InChI=1S/C21H24N2O6/c1-21(2)9-14-12(15(24)10-21)8-13(20(26)23-14)19(25)22-11-6-16(27-3)18(29-5)17(7-11)28-4/h6-8H,9-10H2,1-5H3,(H,22,25)(H,23,26). The first-order chi connectivity index (χ1) is 13.7. The van der Waals surface area contributed by atoms with Gasteiger partial charge in [0.15, 0.2) is 17.3 Å². The van der Waals surface area contributed by atoms with Crippen LogP contribution in [0.5, 0.6) is 17.2 Å². The first kappa shape index (κ1) is 20.4. The lowest BCUT2D eigenvalue weighted by atomic mass is 9.75. The van der Waals surface area contributed by atoms with E-state index in [2.05, 4.69) is 10.3 Å². The smallest absolute Gasteiger partial charge is 0.261 e. The summed E-state index contributed by atoms with van der Waals surface area (Å²) in [6.07, 6.45) is 0.929. The molecule has 0 aliphatic heterocycles. The van der Waals surface area contributed by atoms with Crippen LogP contribution in [-0.4, -0.2) is 38.0 Å². The Morgan fingerprint density at radius 1 is 1.00 bits per heavy atom. The summed E-state index contributed by atoms with van der Waals surface area (Å²) in [6, 6.07) is 4.48. The van der Waals surface area contributed by atoms with Crippen LogP contribution in [0.3, 0.4) is 0 Å². The van der Waals surface area contributed by atoms with Crippen LogP contribution >= 0.6 is 0 Å². The summed E-state index contributed by atoms with van der Waals surface area (Å²) < 4.78 is 15.8. The van der Waals surface area contributed by atoms with Gasteiger partial charge < -0.3 is 24.5 Å². The molecule has 1 aromatic carbocycles. The Bertz CT molecular complexity index is 1010. The zero-order valence-corrected chi connectivity index (χ0v) is 17.1. The molecule has 8 nitrogen and oxygen atoms in total. The molecule has 1 heterocycles. The van der Waals surface area contributed by atoms with E-state index in [0.717, 1.165) is 0 Å². The maximum absolute atomic E-state index is 12.8. The summed E-state index contributed by atoms with van der Waals surface area (Å²) in [4.78, 5) is 40.4. The van der Waals surface area contributed by atoms with Crippen molar-refractivity contribution in [3.63, 3.8) is 0 Å². The fraction of sp³-hybridized carbons (Fsp3) is 0.381. The second-order valence-corrected chi connectivity index (χ2v) is 7.71. The normalized spacial score (nSPS) is 14.7. The van der Waals surface area contributed by atoms with Gasteiger partial charge in [-0.15, -0.1) is 0 Å². The highest BCUT2D eigenvalue weighted by Gasteiger charge is 2.32. The lowest BCUT2D eigenvalue weighted by Crippen LogP contribution is -2.32. The van der Waals surface area contributed by atoms with Gasteiger partial charge in [0.2, 0.25) is 5.75 Å². The number of ketones is 1. The van der Waals surface area contributed by atoms with Gasteiger partial charge in [0.05, 0.1) is 21.3 Å². The lowest BCUT2D eigenvalue weighted by molar-refractivity contribution is 0.0910. The van der Waals surface area contributed by atoms with Crippen LogP contribution in [0, 0.1) is 5.41 Å². The molecule has 1 aliphatic rings. The number of pyridine rings is 1. The van der Waals surface area contributed by atoms with Gasteiger partial charge in [-0.1, -0.05) is 13.8 Å². The molecule has 0 bridgehead atoms. The van der Waals surface area contributed by atoms with E-state index in [4.69, 9.17) is 14.2 Å². The summed E-state index contributed by atoms with van der Waals surface area (Å²) in [5.74, 6) is 0.376. The molecule has 0 spiro atoms. The van der Waals surface area contributed by atoms with Crippen LogP contribution in [0.25, 0.3) is 0 Å². The van der Waals surface area contributed by atoms with E-state index < -0.39 is 11.5 Å². The first-order valence-corrected chi connectivity index (χ1v) is 9.10. The molecule has 2 N–H and O–H groups in total. The van der Waals surface area contributed by atoms with Crippen molar-refractivity contribution in [2.45, 2.75) is 26.7 Å². The monoisotopic (exact) mass is 400 g/mol. The number of aromatic nitrogens is 1. The van der Waals surface area contributed by atoms with Crippen LogP contribution in [0.1, 0.15) is 46.7 Å². The molecule has 0 atom stereocenters. The maximum atomic E-state index is 12.8. The number of ether oxygens (including phenoxy) is 3. The Hall–Kier alpha value is -3.29. The van der Waals surface area contributed by atoms with Gasteiger partial charge in [-0.05, 0) is 17.9 Å². The molecule has 1 aliphatic carbocycles. The molecule has 0 saturated heterocycles. The summed E-state index contributed by atoms with van der Waals surface area (Å²) in [7, 11) is 4.40. The topological polar surface area (TPSA) is 107 Å². The molecule has 2 aromatic rings. The van der Waals surface area contributed by atoms with Crippen molar-refractivity contribution < 1.29 is 23.8 Å². The highest BCUT2D eigenvalue weighted by atomic mass is 16.5. The summed E-state index contributed by atoms with van der Waals surface area (Å²) in [5, 5.41) is 2.65. The number of hydrogen-bond acceptors (Lipinski definition) is 6. The van der Waals surface area contributed by atoms with Gasteiger partial charge in [-0.3, -0.25) is 14.4 Å². The third-order valence-electron chi connectivity index (χ3n) is 4.88. The van der Waals surface area contributed by atoms with Crippen molar-refractivity contribution in [3.05, 3.63) is 45.4 Å². The number of benzene rings is 1. The number of amides is 1. The summed E-state index contributed by atoms with van der Waals surface area (Å²) >= 11 is 0. The van der Waals surface area contributed by atoms with Crippen molar-refractivity contribution in [1.29, 1.82) is 0 Å². The molecule has 29 heavy (non-hydrogen) atoms. The zero-order chi connectivity index (χ0) is 21.3. The van der Waals surface area contributed by atoms with E-state index in [1.807, 2.05) is 13.8 Å². The number of Topliss-reactive ketones (excluding diaryl/α,β-unsaturated/α-hetero) is 1. The average Bonchev–Trinajstić information content (AvgIpc) is 2.65. The second kappa shape index (κ2) is 7.62. The van der Waals surface area contributed by atoms with E-state index in [1.54, 1.807) is 12.1 Å². The van der Waals surface area contributed by atoms with Crippen molar-refractivity contribution in [2.24, 2.45) is 5.41 Å². The Kier molecular flexibility index (Phi) is 5.37. The minimum atomic E-state index is -0.638. The number of carbonyl (C=O) groups excluding carboxylic acids is 2. The molecular formula is C21H24N2O6. The number of hydrogen-bond donors (Lipinski definition) is 2. The SMILES string of the molecule is COc1cc(NC(=O)c2cc3c([nH]c2=O)CC(C)(C)CC3=O)cc(OC)c1OC. The van der Waals surface area contributed by atoms with Crippen molar-refractivity contribution in [1.82, 2.24) is 4.98 Å². The Balaban J connectivity index is 1.96. The summed E-state index contributed by atoms with van der Waals surface area (Å²) in [5.41, 5.74) is 0.408. The number of fused-ring (bicyclic) bond motifs is 1. The van der Waals surface area contributed by atoms with E-state index >= 15 is 0 Å². The highest BCUT2D eigenvalue weighted by molar-refractivity contribution is 6.07. The molecule has 1 amide bonds. The molecule has 3 rings (SSSR count). The van der Waals surface area contributed by atoms with Gasteiger partial charge in [0.1, 0.15) is 5.56 Å². The largest absolute Gasteiger partial charge is 0.493 e. The van der Waals surface area contributed by atoms with Crippen LogP contribution < -0.4 is 25.1 Å². The molecule has 154 valence electrons. The predicted molar refractivity (Wildman–Crippen MR) is 108 cm³/mol. The van der Waals surface area contributed by atoms with Gasteiger partial charge in [0.25, 0.3) is 11.5 Å². The van der Waals surface area contributed by atoms with Crippen LogP contribution in [-0.2, 0) is 6.42 Å². The van der Waals surface area contributed by atoms with Crippen LogP contribution in [0.15, 0.2) is 23.0 Å². The van der Waals surface area contributed by atoms with Crippen molar-refractivity contribution in [3.8, 4) is 17.2 Å². The molecule has 0 fully saturated rings. The van der Waals surface area contributed by atoms with Crippen molar-refractivity contribution >= 4 is 17.4 Å². The fourth-order valence-corrected chi connectivity index (χ4v) is 3.55. The Labute approximate surface area is 168 Å². The third-order valence-corrected chi connectivity index (χ3v) is 4.88. The maximum Gasteiger partial charge on any atom is 0.261 e. The number of methoxy groups -OCH3 is 3. The van der Waals surface area contributed by atoms with Crippen LogP contribution in [0.4, 0.5) is 5.69 Å². The van der Waals surface area contributed by atoms with E-state index in [9.17, 15) is 14.4 Å². The number of carbonyl (C=O) groups is 2. The minimum absolute atomic E-state index is 0.0886. The number of H-pyrrole nitrogens is 1. The number of aromatic amines is 1. The molecule has 0 unspecified atom stereocenters. The molecule has 8 heteroatoms. The van der Waals surface area contributed by atoms with Gasteiger partial charge in [0, 0.05) is 35.5 Å². The van der Waals surface area contributed by atoms with Crippen molar-refractivity contribution in [2.75, 3.05) is 26.6 Å². The van der Waals surface area contributed by atoms with Gasteiger partial charge in [-0.2, -0.15) is 0 Å². The lowest BCUT2D eigenvalue weighted by Gasteiger charge is -2.29. The average molecular weight is 400 g/mol. The molecule has 0 radical (unpaired) electrons. The molecule has 0 saturated carbocycles. The fourth-order valence-electron chi connectivity index (χ4n) is 3.55. The van der Waals surface area contributed by atoms with E-state index in [-0.39, 0.29) is 16.8 Å². The number of rotatable bonds is 5. The predicted octanol–water partition coefficient (Wildman–Crippen LogP) is 2.81. The highest BCUT2D eigenvalue weighted by Crippen LogP contribution is 2.40. The first-order valence-electron chi connectivity index (χ1n) is 9.10. The Morgan fingerprint density at radius 3 is 2.17 bits per heavy atom. The quantitative estimate of drug-likeness (QED) is 0.799. The second-order valence-electron chi connectivity index (χ2n) is 7.71. The van der Waals surface area contributed by atoms with E-state index in [1.165, 1.54) is 27.4 Å². The third kappa shape index (κ3) is 3.96. The van der Waals surface area contributed by atoms with Gasteiger partial charge >= 0.3 is 0 Å². The Morgan fingerprint density at radius 2 is 1.62 bits per heavy atom. The van der Waals surface area contributed by atoms with E-state index in [0.29, 0.717) is 47.0 Å². The molecular weight excluding hydrogens is 376 g/mol.